The molecule has 0 spiro atoms. The number of aliphatic hydroxyl groups excluding tert-OH is 1. The summed E-state index contributed by atoms with van der Waals surface area (Å²) in [5.41, 5.74) is -0.952. The van der Waals surface area contributed by atoms with E-state index >= 15 is 0 Å². The first kappa shape index (κ1) is 27.9. The summed E-state index contributed by atoms with van der Waals surface area (Å²) in [6.45, 7) is 3.80. The van der Waals surface area contributed by atoms with Crippen LogP contribution in [0.1, 0.15) is 64.4 Å². The minimum Gasteiger partial charge on any atom is -0.458 e. The molecule has 1 heterocycles. The Kier molecular flexibility index (Phi) is 7.45. The molecule has 210 valence electrons. The van der Waals surface area contributed by atoms with E-state index in [0.29, 0.717) is 13.0 Å². The molecule has 1 aromatic heterocycles. The monoisotopic (exact) mass is 555 g/mol. The van der Waals surface area contributed by atoms with Crippen molar-refractivity contribution in [2.24, 2.45) is 28.6 Å². The molecule has 3 N–H and O–H groups in total. The van der Waals surface area contributed by atoms with Gasteiger partial charge in [-0.05, 0) is 78.5 Å². The normalized spacial score (nSPS) is 36.8. The fourth-order valence-corrected chi connectivity index (χ4v) is 8.69. The topological polar surface area (TPSA) is 130 Å². The van der Waals surface area contributed by atoms with Crippen molar-refractivity contribution < 1.29 is 34.1 Å². The van der Waals surface area contributed by atoms with Gasteiger partial charge in [0.1, 0.15) is 5.60 Å². The first-order chi connectivity index (χ1) is 18.5. The lowest BCUT2D eigenvalue weighted by molar-refractivity contribution is -0.181. The number of esters is 1. The molecule has 0 unspecified atom stereocenters. The number of rotatable bonds is 8. The fraction of sp³-hybridized carbons (Fsp3) is 0.600. The number of nitrogens with one attached hydrogen (secondary N) is 1. The highest BCUT2D eigenvalue weighted by atomic mass is 32.1. The van der Waals surface area contributed by atoms with Gasteiger partial charge in [-0.2, -0.15) is 11.3 Å². The van der Waals surface area contributed by atoms with E-state index in [1.807, 2.05) is 29.8 Å². The molecule has 0 aromatic carbocycles. The zero-order valence-corrected chi connectivity index (χ0v) is 23.3. The van der Waals surface area contributed by atoms with Gasteiger partial charge in [0.2, 0.25) is 11.7 Å². The predicted octanol–water partition coefficient (Wildman–Crippen LogP) is 3.27. The van der Waals surface area contributed by atoms with E-state index in [4.69, 9.17) is 4.74 Å². The number of allylic oxidation sites excluding steroid dienone is 4. The van der Waals surface area contributed by atoms with Crippen molar-refractivity contribution >= 4 is 34.8 Å². The Morgan fingerprint density at radius 2 is 2.00 bits per heavy atom. The number of hydrogen-bond donors (Lipinski definition) is 3. The molecule has 7 atom stereocenters. The minimum atomic E-state index is -1.71. The van der Waals surface area contributed by atoms with Gasteiger partial charge in [-0.15, -0.1) is 0 Å². The van der Waals surface area contributed by atoms with Crippen LogP contribution in [0.4, 0.5) is 0 Å². The Hall–Kier alpha value is -2.62. The van der Waals surface area contributed by atoms with Gasteiger partial charge < -0.3 is 20.3 Å². The molecular formula is C30H37NO7S. The fourth-order valence-electron chi connectivity index (χ4n) is 8.02. The zero-order chi connectivity index (χ0) is 28.0. The van der Waals surface area contributed by atoms with E-state index in [-0.39, 0.29) is 55.1 Å². The predicted molar refractivity (Wildman–Crippen MR) is 144 cm³/mol. The van der Waals surface area contributed by atoms with Gasteiger partial charge >= 0.3 is 5.97 Å². The lowest BCUT2D eigenvalue weighted by Gasteiger charge is -2.59. The molecule has 3 fully saturated rings. The van der Waals surface area contributed by atoms with Crippen molar-refractivity contribution in [3.05, 3.63) is 46.2 Å². The van der Waals surface area contributed by atoms with Crippen LogP contribution in [0.5, 0.6) is 0 Å². The molecule has 5 rings (SSSR count). The number of aliphatic hydroxyl groups is 2. The summed E-state index contributed by atoms with van der Waals surface area (Å²) in [5.74, 6) is -1.51. The highest BCUT2D eigenvalue weighted by molar-refractivity contribution is 7.07. The van der Waals surface area contributed by atoms with Gasteiger partial charge in [-0.1, -0.05) is 25.5 Å². The van der Waals surface area contributed by atoms with Crippen LogP contribution in [0.25, 0.3) is 0 Å². The average Bonchev–Trinajstić information content (AvgIpc) is 3.51. The van der Waals surface area contributed by atoms with Gasteiger partial charge in [-0.3, -0.25) is 19.2 Å². The third-order valence-electron chi connectivity index (χ3n) is 10.1. The number of ether oxygens (including phenoxy) is 1. The largest absolute Gasteiger partial charge is 0.458 e. The highest BCUT2D eigenvalue weighted by Gasteiger charge is 2.68. The quantitative estimate of drug-likeness (QED) is 0.420. The Morgan fingerprint density at radius 1 is 1.21 bits per heavy atom. The number of carbonyl (C=O) groups is 4. The number of hydrogen-bond acceptors (Lipinski definition) is 8. The lowest BCUT2D eigenvalue weighted by atomic mass is 9.46. The van der Waals surface area contributed by atoms with Crippen LogP contribution in [0, 0.1) is 28.6 Å². The van der Waals surface area contributed by atoms with E-state index in [9.17, 15) is 29.4 Å². The molecule has 3 saturated carbocycles. The van der Waals surface area contributed by atoms with Crippen LogP contribution in [0.15, 0.2) is 40.6 Å². The van der Waals surface area contributed by atoms with E-state index in [2.05, 4.69) is 12.2 Å². The van der Waals surface area contributed by atoms with Crippen LogP contribution >= 0.6 is 11.3 Å². The second-order valence-electron chi connectivity index (χ2n) is 12.1. The van der Waals surface area contributed by atoms with Gasteiger partial charge in [0.05, 0.1) is 12.5 Å². The van der Waals surface area contributed by atoms with Crippen molar-refractivity contribution in [3.63, 3.8) is 0 Å². The van der Waals surface area contributed by atoms with Gasteiger partial charge in [0, 0.05) is 29.7 Å². The van der Waals surface area contributed by atoms with E-state index in [0.717, 1.165) is 24.0 Å². The molecule has 4 aliphatic rings. The summed E-state index contributed by atoms with van der Waals surface area (Å²) < 4.78 is 5.20. The number of fused-ring (bicyclic) bond motifs is 5. The summed E-state index contributed by atoms with van der Waals surface area (Å²) in [5, 5.41) is 29.8. The van der Waals surface area contributed by atoms with Crippen molar-refractivity contribution in [3.8, 4) is 0 Å². The van der Waals surface area contributed by atoms with E-state index < -0.39 is 40.9 Å². The maximum atomic E-state index is 13.4. The first-order valence-corrected chi connectivity index (χ1v) is 14.7. The third kappa shape index (κ3) is 4.83. The number of amides is 1. The summed E-state index contributed by atoms with van der Waals surface area (Å²) >= 11 is 1.54. The number of ketones is 2. The molecule has 39 heavy (non-hydrogen) atoms. The van der Waals surface area contributed by atoms with Crippen molar-refractivity contribution in [1.82, 2.24) is 5.32 Å². The van der Waals surface area contributed by atoms with Gasteiger partial charge in [0.25, 0.3) is 0 Å². The minimum absolute atomic E-state index is 0.0203. The maximum absolute atomic E-state index is 13.4. The third-order valence-corrected chi connectivity index (χ3v) is 10.8. The molecule has 0 saturated heterocycles. The highest BCUT2D eigenvalue weighted by Crippen LogP contribution is 2.67. The first-order valence-electron chi connectivity index (χ1n) is 13.8. The summed E-state index contributed by atoms with van der Waals surface area (Å²) in [4.78, 5) is 49.7. The van der Waals surface area contributed by atoms with Crippen molar-refractivity contribution in [1.29, 1.82) is 0 Å². The molecule has 9 heteroatoms. The van der Waals surface area contributed by atoms with Crippen LogP contribution in [-0.2, 0) is 30.5 Å². The zero-order valence-electron chi connectivity index (χ0n) is 22.5. The van der Waals surface area contributed by atoms with Crippen LogP contribution < -0.4 is 5.32 Å². The van der Waals surface area contributed by atoms with Gasteiger partial charge in [-0.25, -0.2) is 0 Å². The number of Topliss-reactive ketones (excluding diaryl/α,β-unsaturated/α-hetero) is 1. The van der Waals surface area contributed by atoms with Crippen molar-refractivity contribution in [2.75, 3.05) is 6.61 Å². The van der Waals surface area contributed by atoms with Crippen LogP contribution in [0.3, 0.4) is 0 Å². The molecule has 0 aliphatic heterocycles. The molecule has 8 nitrogen and oxygen atoms in total. The molecule has 4 aliphatic carbocycles. The Labute approximate surface area is 232 Å². The smallest absolute Gasteiger partial charge is 0.306 e. The Balaban J connectivity index is 1.19. The molecule has 1 aromatic rings. The molecule has 0 radical (unpaired) electrons. The second-order valence-corrected chi connectivity index (χ2v) is 12.9. The van der Waals surface area contributed by atoms with E-state index in [1.165, 1.54) is 11.3 Å². The Morgan fingerprint density at radius 3 is 2.74 bits per heavy atom. The number of carbonyl (C=O) groups excluding carboxylic acids is 4. The molecular weight excluding hydrogens is 518 g/mol. The molecule has 1 amide bonds. The lowest BCUT2D eigenvalue weighted by Crippen LogP contribution is -2.61. The van der Waals surface area contributed by atoms with Crippen LogP contribution in [0.2, 0.25) is 0 Å². The maximum Gasteiger partial charge on any atom is 0.306 e. The van der Waals surface area contributed by atoms with E-state index in [1.54, 1.807) is 12.2 Å². The summed E-state index contributed by atoms with van der Waals surface area (Å²) in [6, 6.07) is 1.91. The Bertz CT molecular complexity index is 1220. The SMILES string of the molecule is C[C@]12C=CC(=O)C=C1CC[C@@H]1[C@H]2[C@@H](O)C[C@@]2(C)[C@H]1CC[C@]2(O)C(=O)COC(=O)CCC(=O)NCc1ccsc1. The van der Waals surface area contributed by atoms with Gasteiger partial charge in [0.15, 0.2) is 12.4 Å². The molecule has 0 bridgehead atoms. The summed E-state index contributed by atoms with van der Waals surface area (Å²) in [7, 11) is 0. The standard InChI is InChI=1S/C30H37NO7S/c1-28-10-7-20(32)13-19(28)3-4-21-22-8-11-30(37,29(22,2)14-23(33)27(21)28)24(34)16-38-26(36)6-5-25(35)31-15-18-9-12-39-17-18/h7,9-10,12-13,17,21-23,27,33,37H,3-6,8,11,14-16H2,1-2H3,(H,31,35)/t21-,22-,23-,27-,28-,29-,30-/m0/s1. The number of thiophene rings is 1. The average molecular weight is 556 g/mol. The summed E-state index contributed by atoms with van der Waals surface area (Å²) in [6.07, 6.45) is 6.94. The van der Waals surface area contributed by atoms with Crippen LogP contribution in [-0.4, -0.2) is 52.0 Å². The second kappa shape index (κ2) is 10.4. The van der Waals surface area contributed by atoms with Crippen molar-refractivity contribution in [2.45, 2.75) is 77.0 Å².